The van der Waals surface area contributed by atoms with E-state index in [0.717, 1.165) is 33.8 Å². The number of nitrogens with one attached hydrogen (secondary N) is 1. The first-order chi connectivity index (χ1) is 15.0. The van der Waals surface area contributed by atoms with Gasteiger partial charge >= 0.3 is 0 Å². The molecule has 5 nitrogen and oxygen atoms in total. The van der Waals surface area contributed by atoms with Gasteiger partial charge in [-0.2, -0.15) is 0 Å². The Bertz CT molecular complexity index is 1060. The van der Waals surface area contributed by atoms with Gasteiger partial charge in [-0.3, -0.25) is 9.59 Å². The monoisotopic (exact) mass is 414 g/mol. The standard InChI is InChI=1S/C26H26N2O3/c1-18-7-6-8-19(2)25(18)27-26(30)21-15-24(29)28(16-21)22-11-13-23(14-12-22)31-17-20-9-4-3-5-10-20/h3-14,21H,15-17H2,1-2H3,(H,27,30)/t21-/m0/s1. The Morgan fingerprint density at radius 1 is 0.968 bits per heavy atom. The van der Waals surface area contributed by atoms with Crippen molar-refractivity contribution in [2.45, 2.75) is 26.9 Å². The van der Waals surface area contributed by atoms with Crippen LogP contribution in [0, 0.1) is 19.8 Å². The van der Waals surface area contributed by atoms with Crippen LogP contribution in [0.15, 0.2) is 72.8 Å². The topological polar surface area (TPSA) is 58.6 Å². The highest BCUT2D eigenvalue weighted by molar-refractivity contribution is 6.04. The Morgan fingerprint density at radius 2 is 1.65 bits per heavy atom. The fourth-order valence-corrected chi connectivity index (χ4v) is 3.83. The Hall–Kier alpha value is -3.60. The minimum absolute atomic E-state index is 0.0420. The first-order valence-corrected chi connectivity index (χ1v) is 10.5. The maximum Gasteiger partial charge on any atom is 0.229 e. The molecular weight excluding hydrogens is 388 g/mol. The molecule has 4 rings (SSSR count). The van der Waals surface area contributed by atoms with Crippen molar-refractivity contribution >= 4 is 23.2 Å². The third-order valence-corrected chi connectivity index (χ3v) is 5.62. The number of rotatable bonds is 6. The van der Waals surface area contributed by atoms with Crippen molar-refractivity contribution in [1.82, 2.24) is 0 Å². The van der Waals surface area contributed by atoms with E-state index in [2.05, 4.69) is 5.32 Å². The molecule has 1 heterocycles. The number of carbonyl (C=O) groups is 2. The third kappa shape index (κ3) is 4.77. The molecule has 1 N–H and O–H groups in total. The quantitative estimate of drug-likeness (QED) is 0.626. The molecule has 0 aliphatic carbocycles. The molecule has 31 heavy (non-hydrogen) atoms. The lowest BCUT2D eigenvalue weighted by molar-refractivity contribution is -0.122. The smallest absolute Gasteiger partial charge is 0.229 e. The van der Waals surface area contributed by atoms with Gasteiger partial charge in [0.1, 0.15) is 12.4 Å². The zero-order valence-corrected chi connectivity index (χ0v) is 17.8. The number of carbonyl (C=O) groups excluding carboxylic acids is 2. The fourth-order valence-electron chi connectivity index (χ4n) is 3.83. The van der Waals surface area contributed by atoms with Gasteiger partial charge in [-0.1, -0.05) is 48.5 Å². The first-order valence-electron chi connectivity index (χ1n) is 10.5. The molecule has 0 aromatic heterocycles. The molecule has 0 spiro atoms. The molecule has 3 aromatic rings. The molecule has 1 saturated heterocycles. The Labute approximate surface area is 182 Å². The summed E-state index contributed by atoms with van der Waals surface area (Å²) in [6.07, 6.45) is 0.211. The van der Waals surface area contributed by atoms with Crippen LogP contribution in [0.1, 0.15) is 23.1 Å². The normalized spacial score (nSPS) is 15.7. The highest BCUT2D eigenvalue weighted by Crippen LogP contribution is 2.29. The molecule has 1 atom stereocenters. The summed E-state index contributed by atoms with van der Waals surface area (Å²) in [5.41, 5.74) is 4.73. The zero-order chi connectivity index (χ0) is 21.8. The number of ether oxygens (including phenoxy) is 1. The third-order valence-electron chi connectivity index (χ3n) is 5.62. The number of para-hydroxylation sites is 1. The van der Waals surface area contributed by atoms with E-state index in [1.165, 1.54) is 0 Å². The molecular formula is C26H26N2O3. The Balaban J connectivity index is 1.38. The summed E-state index contributed by atoms with van der Waals surface area (Å²) in [4.78, 5) is 27.1. The van der Waals surface area contributed by atoms with Crippen LogP contribution >= 0.6 is 0 Å². The molecule has 0 unspecified atom stereocenters. The van der Waals surface area contributed by atoms with Crippen LogP contribution in [0.5, 0.6) is 5.75 Å². The average Bonchev–Trinajstić information content (AvgIpc) is 3.18. The van der Waals surface area contributed by atoms with E-state index in [4.69, 9.17) is 4.74 Å². The van der Waals surface area contributed by atoms with Crippen LogP contribution in [0.2, 0.25) is 0 Å². The number of hydrogen-bond donors (Lipinski definition) is 1. The molecule has 3 aromatic carbocycles. The summed E-state index contributed by atoms with van der Waals surface area (Å²) in [5, 5.41) is 3.02. The zero-order valence-electron chi connectivity index (χ0n) is 17.8. The van der Waals surface area contributed by atoms with Gasteiger partial charge in [0.25, 0.3) is 0 Å². The molecule has 0 bridgehead atoms. The van der Waals surface area contributed by atoms with Crippen LogP contribution in [0.4, 0.5) is 11.4 Å². The summed E-state index contributed by atoms with van der Waals surface area (Å²) < 4.78 is 5.82. The predicted molar refractivity (Wildman–Crippen MR) is 122 cm³/mol. The van der Waals surface area contributed by atoms with E-state index < -0.39 is 0 Å². The van der Waals surface area contributed by atoms with Crippen molar-refractivity contribution in [1.29, 1.82) is 0 Å². The number of hydrogen-bond acceptors (Lipinski definition) is 3. The molecule has 158 valence electrons. The van der Waals surface area contributed by atoms with Crippen molar-refractivity contribution in [3.05, 3.63) is 89.5 Å². The van der Waals surface area contributed by atoms with Gasteiger partial charge in [-0.05, 0) is 54.8 Å². The van der Waals surface area contributed by atoms with Crippen LogP contribution in [0.25, 0.3) is 0 Å². The summed E-state index contributed by atoms with van der Waals surface area (Å²) in [6.45, 7) is 4.80. The molecule has 5 heteroatoms. The van der Waals surface area contributed by atoms with Crippen LogP contribution in [-0.4, -0.2) is 18.4 Å². The van der Waals surface area contributed by atoms with Gasteiger partial charge in [-0.15, -0.1) is 0 Å². The van der Waals surface area contributed by atoms with Crippen molar-refractivity contribution in [3.8, 4) is 5.75 Å². The maximum atomic E-state index is 12.8. The second-order valence-corrected chi connectivity index (χ2v) is 7.93. The lowest BCUT2D eigenvalue weighted by atomic mass is 10.1. The maximum absolute atomic E-state index is 12.8. The van der Waals surface area contributed by atoms with E-state index in [1.54, 1.807) is 4.90 Å². The summed E-state index contributed by atoms with van der Waals surface area (Å²) in [5.74, 6) is 0.208. The van der Waals surface area contributed by atoms with E-state index in [-0.39, 0.29) is 24.2 Å². The predicted octanol–water partition coefficient (Wildman–Crippen LogP) is 4.87. The van der Waals surface area contributed by atoms with Crippen molar-refractivity contribution in [2.24, 2.45) is 5.92 Å². The van der Waals surface area contributed by atoms with Gasteiger partial charge in [0.15, 0.2) is 0 Å². The van der Waals surface area contributed by atoms with Gasteiger partial charge in [-0.25, -0.2) is 0 Å². The van der Waals surface area contributed by atoms with E-state index in [9.17, 15) is 9.59 Å². The second-order valence-electron chi connectivity index (χ2n) is 7.93. The molecule has 1 aliphatic heterocycles. The fraction of sp³-hybridized carbons (Fsp3) is 0.231. The van der Waals surface area contributed by atoms with Gasteiger partial charge in [0.2, 0.25) is 11.8 Å². The van der Waals surface area contributed by atoms with Crippen molar-refractivity contribution in [2.75, 3.05) is 16.8 Å². The van der Waals surface area contributed by atoms with Crippen LogP contribution in [0.3, 0.4) is 0 Å². The highest BCUT2D eigenvalue weighted by Gasteiger charge is 2.35. The molecule has 0 radical (unpaired) electrons. The molecule has 0 saturated carbocycles. The summed E-state index contributed by atoms with van der Waals surface area (Å²) >= 11 is 0. The number of anilines is 2. The molecule has 1 fully saturated rings. The van der Waals surface area contributed by atoms with E-state index in [0.29, 0.717) is 13.2 Å². The minimum Gasteiger partial charge on any atom is -0.489 e. The number of nitrogens with zero attached hydrogens (tertiary/aromatic N) is 1. The van der Waals surface area contributed by atoms with Crippen molar-refractivity contribution < 1.29 is 14.3 Å². The highest BCUT2D eigenvalue weighted by atomic mass is 16.5. The van der Waals surface area contributed by atoms with Gasteiger partial charge in [0.05, 0.1) is 5.92 Å². The van der Waals surface area contributed by atoms with E-state index in [1.807, 2.05) is 86.6 Å². The first kappa shape index (κ1) is 20.7. The number of benzene rings is 3. The average molecular weight is 415 g/mol. The van der Waals surface area contributed by atoms with Crippen molar-refractivity contribution in [3.63, 3.8) is 0 Å². The lowest BCUT2D eigenvalue weighted by Crippen LogP contribution is -2.28. The lowest BCUT2D eigenvalue weighted by Gasteiger charge is -2.18. The van der Waals surface area contributed by atoms with Gasteiger partial charge in [0, 0.05) is 24.3 Å². The molecule has 2 amide bonds. The summed E-state index contributed by atoms with van der Waals surface area (Å²) in [6, 6.07) is 23.3. The minimum atomic E-state index is -0.375. The number of aryl methyl sites for hydroxylation is 2. The molecule has 1 aliphatic rings. The SMILES string of the molecule is Cc1cccc(C)c1NC(=O)[C@H]1CC(=O)N(c2ccc(OCc3ccccc3)cc2)C1. The van der Waals surface area contributed by atoms with Crippen LogP contribution < -0.4 is 15.0 Å². The second kappa shape index (κ2) is 9.04. The Kier molecular flexibility index (Phi) is 6.03. The summed E-state index contributed by atoms with van der Waals surface area (Å²) in [7, 11) is 0. The largest absolute Gasteiger partial charge is 0.489 e. The van der Waals surface area contributed by atoms with E-state index >= 15 is 0 Å². The van der Waals surface area contributed by atoms with Crippen LogP contribution in [-0.2, 0) is 16.2 Å². The van der Waals surface area contributed by atoms with Gasteiger partial charge < -0.3 is 15.0 Å². The number of amides is 2. The Morgan fingerprint density at radius 3 is 2.32 bits per heavy atom.